The number of halogens is 1. The topological polar surface area (TPSA) is 39.7 Å². The minimum Gasteiger partial charge on any atom is -0.357 e. The maximum atomic E-state index is 4.77. The number of hydrogen-bond donors (Lipinski definition) is 2. The molecule has 0 radical (unpaired) electrons. The molecule has 0 aromatic rings. The second kappa shape index (κ2) is 10.2. The Hall–Kier alpha value is 0.310. The molecular formula is C15H33IN4S. The molecular weight excluding hydrogens is 395 g/mol. The van der Waals surface area contributed by atoms with E-state index in [2.05, 4.69) is 56.7 Å². The minimum atomic E-state index is 0. The number of aliphatic imine (C=N–C) groups is 1. The zero-order valence-corrected chi connectivity index (χ0v) is 17.5. The highest BCUT2D eigenvalue weighted by Crippen LogP contribution is 2.28. The molecule has 6 heteroatoms. The molecule has 0 amide bonds. The van der Waals surface area contributed by atoms with E-state index in [4.69, 9.17) is 4.99 Å². The number of hydrogen-bond acceptors (Lipinski definition) is 3. The van der Waals surface area contributed by atoms with Gasteiger partial charge in [-0.3, -0.25) is 4.99 Å². The van der Waals surface area contributed by atoms with Gasteiger partial charge in [-0.25, -0.2) is 0 Å². The van der Waals surface area contributed by atoms with Gasteiger partial charge in [-0.2, -0.15) is 11.8 Å². The van der Waals surface area contributed by atoms with Gasteiger partial charge in [0.2, 0.25) is 0 Å². The van der Waals surface area contributed by atoms with Crippen molar-refractivity contribution in [1.29, 1.82) is 0 Å². The molecule has 126 valence electrons. The summed E-state index contributed by atoms with van der Waals surface area (Å²) in [6.07, 6.45) is 6.04. The molecule has 0 aliphatic heterocycles. The summed E-state index contributed by atoms with van der Waals surface area (Å²) in [5, 5.41) is 7.78. The summed E-state index contributed by atoms with van der Waals surface area (Å²) >= 11 is 1.99. The van der Waals surface area contributed by atoms with E-state index in [9.17, 15) is 0 Å². The molecule has 1 fully saturated rings. The van der Waals surface area contributed by atoms with Crippen LogP contribution in [0.4, 0.5) is 0 Å². The van der Waals surface area contributed by atoms with E-state index in [0.29, 0.717) is 6.04 Å². The Kier molecular flexibility index (Phi) is 10.3. The number of likely N-dealkylation sites (N-methyl/N-ethyl adjacent to an activating group) is 1. The molecule has 0 saturated heterocycles. The normalized spacial score (nSPS) is 23.1. The van der Waals surface area contributed by atoms with Crippen LogP contribution in [0.15, 0.2) is 4.99 Å². The van der Waals surface area contributed by atoms with Gasteiger partial charge < -0.3 is 15.5 Å². The molecule has 1 saturated carbocycles. The number of nitrogens with zero attached hydrogens (tertiary/aromatic N) is 2. The minimum absolute atomic E-state index is 0. The zero-order valence-electron chi connectivity index (χ0n) is 14.4. The third kappa shape index (κ3) is 7.41. The van der Waals surface area contributed by atoms with Crippen molar-refractivity contribution in [2.45, 2.75) is 56.9 Å². The first-order valence-corrected chi connectivity index (χ1v) is 8.93. The number of rotatable bonds is 6. The maximum Gasteiger partial charge on any atom is 0.191 e. The van der Waals surface area contributed by atoms with Crippen LogP contribution in [-0.4, -0.2) is 61.1 Å². The van der Waals surface area contributed by atoms with Crippen LogP contribution in [-0.2, 0) is 0 Å². The highest BCUT2D eigenvalue weighted by atomic mass is 127. The SMILES string of the molecule is CCNC(=NCC(C)(C)N(C)C)NC1CCC(SC)C1.I. The van der Waals surface area contributed by atoms with Gasteiger partial charge in [-0.1, -0.05) is 0 Å². The zero-order chi connectivity index (χ0) is 15.2. The number of guanidine groups is 1. The van der Waals surface area contributed by atoms with Crippen LogP contribution in [0.5, 0.6) is 0 Å². The van der Waals surface area contributed by atoms with Crippen molar-refractivity contribution in [1.82, 2.24) is 15.5 Å². The molecule has 0 aromatic carbocycles. The molecule has 1 aliphatic rings. The number of nitrogens with one attached hydrogen (secondary N) is 2. The second-order valence-electron chi connectivity index (χ2n) is 6.41. The highest BCUT2D eigenvalue weighted by Gasteiger charge is 2.25. The quantitative estimate of drug-likeness (QED) is 0.388. The van der Waals surface area contributed by atoms with Crippen molar-refractivity contribution in [3.63, 3.8) is 0 Å². The first-order valence-electron chi connectivity index (χ1n) is 7.64. The van der Waals surface area contributed by atoms with E-state index in [1.54, 1.807) is 0 Å². The fourth-order valence-corrected chi connectivity index (χ4v) is 3.01. The molecule has 2 N–H and O–H groups in total. The molecule has 0 bridgehead atoms. The Morgan fingerprint density at radius 3 is 2.48 bits per heavy atom. The van der Waals surface area contributed by atoms with Crippen molar-refractivity contribution in [3.8, 4) is 0 Å². The van der Waals surface area contributed by atoms with E-state index in [0.717, 1.165) is 24.3 Å². The molecule has 0 aromatic heterocycles. The molecule has 21 heavy (non-hydrogen) atoms. The van der Waals surface area contributed by atoms with Gasteiger partial charge in [0, 0.05) is 23.4 Å². The monoisotopic (exact) mass is 428 g/mol. The Morgan fingerprint density at radius 1 is 1.33 bits per heavy atom. The Morgan fingerprint density at radius 2 is 2.00 bits per heavy atom. The third-order valence-electron chi connectivity index (χ3n) is 4.24. The van der Waals surface area contributed by atoms with E-state index < -0.39 is 0 Å². The molecule has 2 unspecified atom stereocenters. The van der Waals surface area contributed by atoms with Gasteiger partial charge in [0.25, 0.3) is 0 Å². The average Bonchev–Trinajstić information content (AvgIpc) is 2.84. The van der Waals surface area contributed by atoms with Crippen LogP contribution in [0.3, 0.4) is 0 Å². The molecule has 0 heterocycles. The fraction of sp³-hybridized carbons (Fsp3) is 0.933. The molecule has 0 spiro atoms. The van der Waals surface area contributed by atoms with E-state index >= 15 is 0 Å². The van der Waals surface area contributed by atoms with Gasteiger partial charge in [-0.15, -0.1) is 24.0 Å². The van der Waals surface area contributed by atoms with Crippen LogP contribution in [0, 0.1) is 0 Å². The predicted octanol–water partition coefficient (Wildman–Crippen LogP) is 2.78. The number of thioether (sulfide) groups is 1. The molecule has 1 rings (SSSR count). The lowest BCUT2D eigenvalue weighted by atomic mass is 10.1. The van der Waals surface area contributed by atoms with E-state index in [-0.39, 0.29) is 29.5 Å². The van der Waals surface area contributed by atoms with Gasteiger partial charge in [0.15, 0.2) is 5.96 Å². The first kappa shape index (κ1) is 21.3. The Labute approximate surface area is 152 Å². The summed E-state index contributed by atoms with van der Waals surface area (Å²) in [7, 11) is 4.21. The Balaban J connectivity index is 0.00000400. The lowest BCUT2D eigenvalue weighted by molar-refractivity contribution is 0.204. The van der Waals surface area contributed by atoms with Crippen molar-refractivity contribution >= 4 is 41.7 Å². The average molecular weight is 428 g/mol. The summed E-state index contributed by atoms with van der Waals surface area (Å²) in [6, 6.07) is 0.577. The lowest BCUT2D eigenvalue weighted by Crippen LogP contribution is -2.45. The van der Waals surface area contributed by atoms with Crippen molar-refractivity contribution in [2.24, 2.45) is 4.99 Å². The van der Waals surface area contributed by atoms with Crippen molar-refractivity contribution in [3.05, 3.63) is 0 Å². The van der Waals surface area contributed by atoms with E-state index in [1.165, 1.54) is 19.3 Å². The van der Waals surface area contributed by atoms with Crippen LogP contribution >= 0.6 is 35.7 Å². The van der Waals surface area contributed by atoms with Crippen LogP contribution < -0.4 is 10.6 Å². The van der Waals surface area contributed by atoms with Gasteiger partial charge in [0.05, 0.1) is 6.54 Å². The third-order valence-corrected chi connectivity index (χ3v) is 5.33. The molecule has 1 aliphatic carbocycles. The van der Waals surface area contributed by atoms with Crippen molar-refractivity contribution < 1.29 is 0 Å². The lowest BCUT2D eigenvalue weighted by Gasteiger charge is -2.31. The first-order chi connectivity index (χ1) is 9.39. The van der Waals surface area contributed by atoms with Crippen molar-refractivity contribution in [2.75, 3.05) is 33.4 Å². The summed E-state index contributed by atoms with van der Waals surface area (Å²) in [5.41, 5.74) is 0.0832. The fourth-order valence-electron chi connectivity index (χ4n) is 2.21. The van der Waals surface area contributed by atoms with Gasteiger partial charge in [-0.05, 0) is 60.4 Å². The Bertz CT molecular complexity index is 321. The predicted molar refractivity (Wildman–Crippen MR) is 107 cm³/mol. The van der Waals surface area contributed by atoms with Gasteiger partial charge >= 0.3 is 0 Å². The largest absolute Gasteiger partial charge is 0.357 e. The molecule has 4 nitrogen and oxygen atoms in total. The van der Waals surface area contributed by atoms with Crippen LogP contribution in [0.25, 0.3) is 0 Å². The molecule has 2 atom stereocenters. The highest BCUT2D eigenvalue weighted by molar-refractivity contribution is 14.0. The summed E-state index contributed by atoms with van der Waals surface area (Å²) in [5.74, 6) is 0.967. The van der Waals surface area contributed by atoms with E-state index in [1.807, 2.05) is 11.8 Å². The maximum absolute atomic E-state index is 4.77. The summed E-state index contributed by atoms with van der Waals surface area (Å²) in [6.45, 7) is 8.27. The summed E-state index contributed by atoms with van der Waals surface area (Å²) in [4.78, 5) is 6.99. The van der Waals surface area contributed by atoms with Gasteiger partial charge in [0.1, 0.15) is 0 Å². The second-order valence-corrected chi connectivity index (χ2v) is 7.55. The smallest absolute Gasteiger partial charge is 0.191 e. The van der Waals surface area contributed by atoms with Crippen LogP contribution in [0.1, 0.15) is 40.0 Å². The van der Waals surface area contributed by atoms with Crippen LogP contribution in [0.2, 0.25) is 0 Å². The standard InChI is InChI=1S/C15H32N4S.HI/c1-7-16-14(17-11-15(2,3)19(4)5)18-12-8-9-13(10-12)20-6;/h12-13H,7-11H2,1-6H3,(H2,16,17,18);1H. The summed E-state index contributed by atoms with van der Waals surface area (Å²) < 4.78 is 0.